The van der Waals surface area contributed by atoms with E-state index in [-0.39, 0.29) is 35.1 Å². The van der Waals surface area contributed by atoms with Gasteiger partial charge >= 0.3 is 0 Å². The molecule has 3 aliphatic heterocycles. The van der Waals surface area contributed by atoms with Gasteiger partial charge in [0.05, 0.1) is 30.6 Å². The highest BCUT2D eigenvalue weighted by molar-refractivity contribution is 9.09. The van der Waals surface area contributed by atoms with Crippen molar-refractivity contribution in [2.45, 2.75) is 55.4 Å². The van der Waals surface area contributed by atoms with Crippen molar-refractivity contribution in [3.63, 3.8) is 0 Å². The van der Waals surface area contributed by atoms with Crippen LogP contribution in [0.4, 0.5) is 5.69 Å². The molecule has 214 valence electrons. The second-order valence-electron chi connectivity index (χ2n) is 11.7. The van der Waals surface area contributed by atoms with Crippen molar-refractivity contribution >= 4 is 50.1 Å². The zero-order valence-corrected chi connectivity index (χ0v) is 24.6. The minimum absolute atomic E-state index is 0.127. The molecule has 3 saturated heterocycles. The molecule has 1 spiro atoms. The van der Waals surface area contributed by atoms with Crippen LogP contribution >= 0.6 is 15.9 Å². The van der Waals surface area contributed by atoms with E-state index in [1.807, 2.05) is 86.6 Å². The smallest absolute Gasteiger partial charge is 0.250 e. The number of hydrogen-bond acceptors (Lipinski definition) is 5. The fourth-order valence-corrected chi connectivity index (χ4v) is 7.97. The van der Waals surface area contributed by atoms with E-state index in [0.717, 1.165) is 16.3 Å². The number of nitrogens with zero attached hydrogens (tertiary/aromatic N) is 1. The Balaban J connectivity index is 1.35. The number of likely N-dealkylation sites (tertiary alicyclic amines) is 1. The summed E-state index contributed by atoms with van der Waals surface area (Å²) in [5.41, 5.74) is 0.349. The normalized spacial score (nSPS) is 29.1. The summed E-state index contributed by atoms with van der Waals surface area (Å²) >= 11 is 3.71. The third kappa shape index (κ3) is 4.64. The number of carbonyl (C=O) groups is 3. The van der Waals surface area contributed by atoms with Crippen LogP contribution in [-0.2, 0) is 25.7 Å². The number of anilines is 1. The molecule has 6 rings (SSSR count). The van der Waals surface area contributed by atoms with Gasteiger partial charge in [-0.05, 0) is 40.8 Å². The lowest BCUT2D eigenvalue weighted by atomic mass is 9.70. The second kappa shape index (κ2) is 10.9. The van der Waals surface area contributed by atoms with Crippen LogP contribution < -0.4 is 10.6 Å². The highest BCUT2D eigenvalue weighted by Gasteiger charge is 2.77. The molecule has 3 fully saturated rings. The number of alkyl halides is 1. The number of rotatable bonds is 8. The highest BCUT2D eigenvalue weighted by Crippen LogP contribution is 2.60. The van der Waals surface area contributed by atoms with Gasteiger partial charge in [0.15, 0.2) is 0 Å². The van der Waals surface area contributed by atoms with E-state index < -0.39 is 35.6 Å². The summed E-state index contributed by atoms with van der Waals surface area (Å²) in [4.78, 5) is 43.4. The molecule has 3 heterocycles. The zero-order chi connectivity index (χ0) is 28.9. The molecule has 2 bridgehead atoms. The van der Waals surface area contributed by atoms with Gasteiger partial charge < -0.3 is 25.4 Å². The first-order valence-electron chi connectivity index (χ1n) is 14.1. The van der Waals surface area contributed by atoms with E-state index in [2.05, 4.69) is 26.6 Å². The molecular formula is C32H34BrN3O5. The molecule has 8 nitrogen and oxygen atoms in total. The number of hydrogen-bond donors (Lipinski definition) is 3. The van der Waals surface area contributed by atoms with Crippen LogP contribution in [-0.4, -0.2) is 63.0 Å². The van der Waals surface area contributed by atoms with Gasteiger partial charge in [-0.1, -0.05) is 90.4 Å². The van der Waals surface area contributed by atoms with E-state index in [0.29, 0.717) is 18.7 Å². The zero-order valence-electron chi connectivity index (χ0n) is 23.0. The summed E-state index contributed by atoms with van der Waals surface area (Å²) in [5.74, 6) is -2.71. The molecule has 3 unspecified atom stereocenters. The van der Waals surface area contributed by atoms with E-state index in [4.69, 9.17) is 4.74 Å². The van der Waals surface area contributed by atoms with Crippen LogP contribution in [0.5, 0.6) is 0 Å². The lowest BCUT2D eigenvalue weighted by Crippen LogP contribution is -2.57. The van der Waals surface area contributed by atoms with E-state index in [1.165, 1.54) is 4.90 Å². The SMILES string of the molecule is CC(C)[C@H](CO)N1C(=O)[C@@H]2[C@@H](C(=O)NCc3ccccc3)[C@@H]3OC2(CC3Br)C1C(=O)Nc1ccc2ccccc2c1. The van der Waals surface area contributed by atoms with Gasteiger partial charge in [-0.25, -0.2) is 0 Å². The molecule has 0 aliphatic carbocycles. The molecule has 3 aromatic rings. The molecule has 3 amide bonds. The number of benzene rings is 3. The summed E-state index contributed by atoms with van der Waals surface area (Å²) < 4.78 is 6.59. The van der Waals surface area contributed by atoms with Gasteiger partial charge in [-0.15, -0.1) is 0 Å². The standard InChI is InChI=1S/C32H34BrN3O5/c1-18(2)24(17-37)36-28(30(39)35-22-13-12-20-10-6-7-11-21(20)14-22)32-15-23(33)27(41-32)25(26(32)31(36)40)29(38)34-16-19-8-4-3-5-9-19/h3-14,18,23-28,37H,15-17H2,1-2H3,(H,34,38)(H,35,39)/t23?,24-,25+,26-,27+,28?,32?/m0/s1. The van der Waals surface area contributed by atoms with E-state index in [9.17, 15) is 19.5 Å². The van der Waals surface area contributed by atoms with Crippen molar-refractivity contribution in [3.8, 4) is 0 Å². The predicted molar refractivity (Wildman–Crippen MR) is 159 cm³/mol. The Hall–Kier alpha value is -3.27. The summed E-state index contributed by atoms with van der Waals surface area (Å²) in [7, 11) is 0. The molecule has 3 aliphatic rings. The van der Waals surface area contributed by atoms with Crippen molar-refractivity contribution in [2.24, 2.45) is 17.8 Å². The van der Waals surface area contributed by atoms with Crippen LogP contribution in [0.15, 0.2) is 72.8 Å². The van der Waals surface area contributed by atoms with Crippen molar-refractivity contribution < 1.29 is 24.2 Å². The van der Waals surface area contributed by atoms with Gasteiger partial charge in [-0.3, -0.25) is 14.4 Å². The number of ether oxygens (including phenoxy) is 1. The average Bonchev–Trinajstić information content (AvgIpc) is 3.56. The number of nitrogens with one attached hydrogen (secondary N) is 2. The highest BCUT2D eigenvalue weighted by atomic mass is 79.9. The molecule has 0 aromatic heterocycles. The van der Waals surface area contributed by atoms with Crippen LogP contribution in [0.1, 0.15) is 25.8 Å². The molecule has 0 saturated carbocycles. The topological polar surface area (TPSA) is 108 Å². The Labute approximate surface area is 247 Å². The number of aliphatic hydroxyl groups excluding tert-OH is 1. The maximum absolute atomic E-state index is 14.3. The summed E-state index contributed by atoms with van der Waals surface area (Å²) in [6, 6.07) is 21.5. The van der Waals surface area contributed by atoms with Gasteiger partial charge in [0, 0.05) is 17.1 Å². The monoisotopic (exact) mass is 619 g/mol. The molecule has 3 N–H and O–H groups in total. The fourth-order valence-electron chi connectivity index (χ4n) is 7.02. The largest absolute Gasteiger partial charge is 0.394 e. The molecule has 41 heavy (non-hydrogen) atoms. The van der Waals surface area contributed by atoms with E-state index in [1.54, 1.807) is 0 Å². The average molecular weight is 621 g/mol. The first-order valence-corrected chi connectivity index (χ1v) is 15.0. The number of fused-ring (bicyclic) bond motifs is 2. The molecule has 0 radical (unpaired) electrons. The van der Waals surface area contributed by atoms with Crippen LogP contribution in [0.25, 0.3) is 10.8 Å². The van der Waals surface area contributed by atoms with Crippen molar-refractivity contribution in [3.05, 3.63) is 78.4 Å². The maximum Gasteiger partial charge on any atom is 0.250 e. The number of aliphatic hydroxyl groups is 1. The van der Waals surface area contributed by atoms with Gasteiger partial charge in [0.2, 0.25) is 17.7 Å². The Bertz CT molecular complexity index is 1480. The van der Waals surface area contributed by atoms with Crippen LogP contribution in [0.3, 0.4) is 0 Å². The number of halogens is 1. The molecule has 3 aromatic carbocycles. The maximum atomic E-state index is 14.3. The minimum atomic E-state index is -1.20. The van der Waals surface area contributed by atoms with Crippen LogP contribution in [0, 0.1) is 17.8 Å². The van der Waals surface area contributed by atoms with Gasteiger partial charge in [0.25, 0.3) is 0 Å². The van der Waals surface area contributed by atoms with Crippen molar-refractivity contribution in [1.82, 2.24) is 10.2 Å². The molecular weight excluding hydrogens is 586 g/mol. The van der Waals surface area contributed by atoms with Crippen molar-refractivity contribution in [1.29, 1.82) is 0 Å². The first-order chi connectivity index (χ1) is 19.7. The summed E-state index contributed by atoms with van der Waals surface area (Å²) in [5, 5.41) is 18.4. The minimum Gasteiger partial charge on any atom is -0.394 e. The van der Waals surface area contributed by atoms with Gasteiger partial charge in [0.1, 0.15) is 11.6 Å². The Kier molecular flexibility index (Phi) is 7.38. The Morgan fingerprint density at radius 2 is 1.76 bits per heavy atom. The van der Waals surface area contributed by atoms with E-state index >= 15 is 0 Å². The number of amides is 3. The third-order valence-corrected chi connectivity index (χ3v) is 9.76. The Morgan fingerprint density at radius 3 is 2.46 bits per heavy atom. The molecule has 9 heteroatoms. The second-order valence-corrected chi connectivity index (χ2v) is 12.8. The van der Waals surface area contributed by atoms with Crippen molar-refractivity contribution in [2.75, 3.05) is 11.9 Å². The lowest BCUT2D eigenvalue weighted by molar-refractivity contribution is -0.145. The lowest BCUT2D eigenvalue weighted by Gasteiger charge is -2.38. The fraction of sp³-hybridized carbons (Fsp3) is 0.406. The first kappa shape index (κ1) is 27.9. The summed E-state index contributed by atoms with van der Waals surface area (Å²) in [6.45, 7) is 3.84. The van der Waals surface area contributed by atoms with Crippen LogP contribution in [0.2, 0.25) is 0 Å². The summed E-state index contributed by atoms with van der Waals surface area (Å²) in [6.07, 6.45) is -0.150. The Morgan fingerprint density at radius 1 is 1.05 bits per heavy atom. The molecule has 7 atom stereocenters. The van der Waals surface area contributed by atoms with Gasteiger partial charge in [-0.2, -0.15) is 0 Å². The third-order valence-electron chi connectivity index (χ3n) is 8.92. The number of carbonyl (C=O) groups excluding carboxylic acids is 3. The predicted octanol–water partition coefficient (Wildman–Crippen LogP) is 3.86. The quantitative estimate of drug-likeness (QED) is 0.332.